The zero-order valence-electron chi connectivity index (χ0n) is 21.7. The Labute approximate surface area is 228 Å². The summed E-state index contributed by atoms with van der Waals surface area (Å²) in [6.45, 7) is -0.101. The van der Waals surface area contributed by atoms with Gasteiger partial charge in [0.2, 0.25) is 11.8 Å². The Morgan fingerprint density at radius 2 is 1.10 bits per heavy atom. The van der Waals surface area contributed by atoms with E-state index in [0.717, 1.165) is 13.8 Å². The van der Waals surface area contributed by atoms with E-state index in [0.29, 0.717) is 0 Å². The monoisotopic (exact) mass is 586 g/mol. The molecule has 2 amide bonds. The van der Waals surface area contributed by atoms with E-state index in [9.17, 15) is 55.5 Å². The highest BCUT2D eigenvalue weighted by Gasteiger charge is 2.54. The van der Waals surface area contributed by atoms with Gasteiger partial charge in [0.25, 0.3) is 0 Å². The fraction of sp³-hybridized carbons (Fsp3) is 0.909. The van der Waals surface area contributed by atoms with Gasteiger partial charge < -0.3 is 80.3 Å². The lowest BCUT2D eigenvalue weighted by atomic mass is 9.94. The SMILES string of the molecule is CC(=O)N[C@@H]1[C@@H](O[C@@H]2O[C@H](CO)[C@@H](O[C@H]3O[C@H](CO)[C@H](O)[C@H](O)[C@H]3NC(C)=O)[C@H](O)[C@H]2O)[C@@H](O)[C@@H](CO)O[C@H]1O. The smallest absolute Gasteiger partial charge is 0.217 e. The average Bonchev–Trinajstić information content (AvgIpc) is 2.90. The molecule has 11 N–H and O–H groups in total. The largest absolute Gasteiger partial charge is 0.394 e. The number of nitrogens with one attached hydrogen (secondary N) is 2. The number of aliphatic hydroxyl groups is 9. The van der Waals surface area contributed by atoms with Crippen LogP contribution < -0.4 is 10.6 Å². The number of carbonyl (C=O) groups excluding carboxylic acids is 2. The van der Waals surface area contributed by atoms with Crippen molar-refractivity contribution in [3.8, 4) is 0 Å². The Hall–Kier alpha value is -1.62. The van der Waals surface area contributed by atoms with Crippen LogP contribution in [0, 0.1) is 0 Å². The van der Waals surface area contributed by atoms with Gasteiger partial charge in [0.15, 0.2) is 18.9 Å². The number of amides is 2. The molecule has 15 atom stereocenters. The summed E-state index contributed by atoms with van der Waals surface area (Å²) in [4.78, 5) is 23.3. The van der Waals surface area contributed by atoms with E-state index in [1.165, 1.54) is 0 Å². The molecule has 40 heavy (non-hydrogen) atoms. The Morgan fingerprint density at radius 3 is 1.65 bits per heavy atom. The predicted molar refractivity (Wildman–Crippen MR) is 124 cm³/mol. The molecule has 232 valence electrons. The number of aliphatic hydroxyl groups excluding tert-OH is 9. The normalized spacial score (nSPS) is 46.0. The maximum Gasteiger partial charge on any atom is 0.217 e. The molecule has 18 heteroatoms. The third-order valence-electron chi connectivity index (χ3n) is 6.90. The lowest BCUT2D eigenvalue weighted by Gasteiger charge is -2.49. The lowest BCUT2D eigenvalue weighted by Crippen LogP contribution is -2.69. The molecular weight excluding hydrogens is 548 g/mol. The average molecular weight is 587 g/mol. The molecule has 0 bridgehead atoms. The highest BCUT2D eigenvalue weighted by molar-refractivity contribution is 5.73. The van der Waals surface area contributed by atoms with Gasteiger partial charge in [-0.1, -0.05) is 0 Å². The van der Waals surface area contributed by atoms with E-state index in [1.54, 1.807) is 0 Å². The molecule has 0 saturated carbocycles. The van der Waals surface area contributed by atoms with Crippen LogP contribution in [0.4, 0.5) is 0 Å². The summed E-state index contributed by atoms with van der Waals surface area (Å²) in [6.07, 6.45) is -21.2. The second kappa shape index (κ2) is 14.0. The maximum absolute atomic E-state index is 11.7. The van der Waals surface area contributed by atoms with Crippen LogP contribution >= 0.6 is 0 Å². The molecule has 0 aromatic heterocycles. The molecule has 3 fully saturated rings. The van der Waals surface area contributed by atoms with Gasteiger partial charge in [0, 0.05) is 13.8 Å². The van der Waals surface area contributed by atoms with Crippen molar-refractivity contribution in [2.45, 2.75) is 106 Å². The summed E-state index contributed by atoms with van der Waals surface area (Å²) < 4.78 is 27.5. The van der Waals surface area contributed by atoms with Crippen LogP contribution in [0.2, 0.25) is 0 Å². The van der Waals surface area contributed by atoms with Crippen LogP contribution in [0.5, 0.6) is 0 Å². The number of rotatable bonds is 9. The van der Waals surface area contributed by atoms with Gasteiger partial charge in [0.1, 0.15) is 73.1 Å². The van der Waals surface area contributed by atoms with E-state index in [2.05, 4.69) is 10.6 Å². The van der Waals surface area contributed by atoms with E-state index in [-0.39, 0.29) is 0 Å². The predicted octanol–water partition coefficient (Wildman–Crippen LogP) is -7.29. The van der Waals surface area contributed by atoms with Crippen molar-refractivity contribution < 1.29 is 79.2 Å². The van der Waals surface area contributed by atoms with E-state index >= 15 is 0 Å². The lowest BCUT2D eigenvalue weighted by molar-refractivity contribution is -0.364. The molecule has 3 aliphatic heterocycles. The molecule has 0 unspecified atom stereocenters. The molecule has 0 spiro atoms. The summed E-state index contributed by atoms with van der Waals surface area (Å²) in [6, 6.07) is -2.80. The van der Waals surface area contributed by atoms with Gasteiger partial charge in [-0.2, -0.15) is 0 Å². The van der Waals surface area contributed by atoms with Crippen molar-refractivity contribution in [2.75, 3.05) is 19.8 Å². The van der Waals surface area contributed by atoms with Crippen LogP contribution in [0.3, 0.4) is 0 Å². The maximum atomic E-state index is 11.7. The molecule has 0 radical (unpaired) electrons. The minimum absolute atomic E-state index is 0.641. The summed E-state index contributed by atoms with van der Waals surface area (Å²) in [7, 11) is 0. The molecular formula is C22H38N2O16. The summed E-state index contributed by atoms with van der Waals surface area (Å²) in [5, 5.41) is 96.9. The number of ether oxygens (including phenoxy) is 5. The van der Waals surface area contributed by atoms with Crippen molar-refractivity contribution in [2.24, 2.45) is 0 Å². The second-order valence-electron chi connectivity index (χ2n) is 9.81. The summed E-state index contributed by atoms with van der Waals surface area (Å²) >= 11 is 0. The van der Waals surface area contributed by atoms with Crippen LogP contribution in [0.1, 0.15) is 13.8 Å². The number of hydrogen-bond acceptors (Lipinski definition) is 16. The van der Waals surface area contributed by atoms with E-state index in [4.69, 9.17) is 23.7 Å². The molecule has 3 rings (SSSR count). The van der Waals surface area contributed by atoms with Gasteiger partial charge in [-0.3, -0.25) is 9.59 Å². The Kier molecular flexibility index (Phi) is 11.5. The van der Waals surface area contributed by atoms with Gasteiger partial charge in [-0.05, 0) is 0 Å². The Bertz CT molecular complexity index is 852. The van der Waals surface area contributed by atoms with Gasteiger partial charge in [-0.25, -0.2) is 0 Å². The summed E-state index contributed by atoms with van der Waals surface area (Å²) in [5.41, 5.74) is 0. The fourth-order valence-corrected chi connectivity index (χ4v) is 4.86. The van der Waals surface area contributed by atoms with Gasteiger partial charge in [-0.15, -0.1) is 0 Å². The molecule has 3 heterocycles. The van der Waals surface area contributed by atoms with Crippen molar-refractivity contribution >= 4 is 11.8 Å². The van der Waals surface area contributed by atoms with Gasteiger partial charge in [0.05, 0.1) is 19.8 Å². The Balaban J connectivity index is 1.81. The summed E-state index contributed by atoms with van der Waals surface area (Å²) in [5.74, 6) is -1.28. The van der Waals surface area contributed by atoms with Crippen LogP contribution in [-0.4, -0.2) is 170 Å². The van der Waals surface area contributed by atoms with Crippen LogP contribution in [-0.2, 0) is 33.3 Å². The van der Waals surface area contributed by atoms with Gasteiger partial charge >= 0.3 is 0 Å². The zero-order chi connectivity index (χ0) is 29.9. The van der Waals surface area contributed by atoms with E-state index in [1.807, 2.05) is 0 Å². The van der Waals surface area contributed by atoms with Crippen LogP contribution in [0.25, 0.3) is 0 Å². The quantitative estimate of drug-likeness (QED) is 0.120. The van der Waals surface area contributed by atoms with Crippen LogP contribution in [0.15, 0.2) is 0 Å². The molecule has 3 saturated heterocycles. The van der Waals surface area contributed by atoms with Crippen molar-refractivity contribution in [1.82, 2.24) is 10.6 Å². The number of hydrogen-bond donors (Lipinski definition) is 11. The molecule has 0 aliphatic carbocycles. The topological polar surface area (TPSA) is 286 Å². The molecule has 0 aromatic carbocycles. The third-order valence-corrected chi connectivity index (χ3v) is 6.90. The molecule has 18 nitrogen and oxygen atoms in total. The zero-order valence-corrected chi connectivity index (χ0v) is 21.7. The minimum Gasteiger partial charge on any atom is -0.394 e. The molecule has 0 aromatic rings. The fourth-order valence-electron chi connectivity index (χ4n) is 4.86. The van der Waals surface area contributed by atoms with Crippen molar-refractivity contribution in [3.63, 3.8) is 0 Å². The van der Waals surface area contributed by atoms with Crippen molar-refractivity contribution in [1.29, 1.82) is 0 Å². The minimum atomic E-state index is -1.95. The third kappa shape index (κ3) is 7.05. The van der Waals surface area contributed by atoms with E-state index < -0.39 is 124 Å². The standard InChI is InChI=1S/C22H38N2O16/c1-6(28)23-11-15(32)13(30)8(3-25)37-21(11)39-18-10(5-27)38-22(17(34)16(18)33)40-19-12(24-7(2)29)20(35)36-9(4-26)14(19)31/h8-22,25-27,30-35H,3-5H2,1-2H3,(H,23,28)(H,24,29)/t8-,9-,10-,11-,12-,13+,14+,15-,16-,17-,18-,19-,20-,21-,22+/m1/s1. The second-order valence-corrected chi connectivity index (χ2v) is 9.81. The number of carbonyl (C=O) groups is 2. The highest BCUT2D eigenvalue weighted by atomic mass is 16.7. The van der Waals surface area contributed by atoms with Crippen molar-refractivity contribution in [3.05, 3.63) is 0 Å². The first-order valence-corrected chi connectivity index (χ1v) is 12.6. The molecule has 3 aliphatic rings. The highest BCUT2D eigenvalue weighted by Crippen LogP contribution is 2.32. The first-order chi connectivity index (χ1) is 18.8. The first-order valence-electron chi connectivity index (χ1n) is 12.6. The first kappa shape index (κ1) is 32.9. The Morgan fingerprint density at radius 1 is 0.600 bits per heavy atom.